The van der Waals surface area contributed by atoms with Gasteiger partial charge in [0.1, 0.15) is 0 Å². The molecule has 0 saturated carbocycles. The Hall–Kier alpha value is 0.738. The molecule has 0 aliphatic heterocycles. The predicted molar refractivity (Wildman–Crippen MR) is 48.7 cm³/mol. The summed E-state index contributed by atoms with van der Waals surface area (Å²) in [4.78, 5) is 0. The monoisotopic (exact) mass is 268 g/mol. The molecule has 68 valence electrons. The molecule has 0 spiro atoms. The Morgan fingerprint density at radius 3 is 1.55 bits per heavy atom. The van der Waals surface area contributed by atoms with Gasteiger partial charge < -0.3 is 0 Å². The summed E-state index contributed by atoms with van der Waals surface area (Å²) in [5, 5.41) is 0. The normalized spacial score (nSPS) is 12.0. The molecule has 0 unspecified atom stereocenters. The van der Waals surface area contributed by atoms with E-state index in [1.54, 1.807) is 0 Å². The van der Waals surface area contributed by atoms with Gasteiger partial charge in [0.2, 0.25) is 0 Å². The molecule has 2 nitrogen and oxygen atoms in total. The van der Waals surface area contributed by atoms with Crippen molar-refractivity contribution in [2.24, 2.45) is 0 Å². The maximum atomic E-state index is 5.67. The molecule has 0 aliphatic carbocycles. The van der Waals surface area contributed by atoms with Gasteiger partial charge in [0.15, 0.2) is 0 Å². The summed E-state index contributed by atoms with van der Waals surface area (Å²) in [5.74, 6) is 0. The van der Waals surface area contributed by atoms with Crippen LogP contribution in [0.25, 0.3) is 0 Å². The maximum absolute atomic E-state index is 5.67. The molecule has 11 heavy (non-hydrogen) atoms. The fraction of sp³-hybridized carbons (Fsp3) is 1.00. The second-order valence-electron chi connectivity index (χ2n) is 2.96. The van der Waals surface area contributed by atoms with Crippen LogP contribution in [0.3, 0.4) is 0 Å². The zero-order valence-electron chi connectivity index (χ0n) is 8.13. The summed E-state index contributed by atoms with van der Waals surface area (Å²) in [6.45, 7) is 10.4. The molecule has 0 bridgehead atoms. The molecule has 0 N–H and O–H groups in total. The van der Waals surface area contributed by atoms with Crippen LogP contribution in [0.4, 0.5) is 0 Å². The van der Waals surface area contributed by atoms with Crippen LogP contribution in [0.15, 0.2) is 0 Å². The van der Waals surface area contributed by atoms with Crippen LogP contribution < -0.4 is 0 Å². The van der Waals surface area contributed by atoms with Crippen molar-refractivity contribution in [3.63, 3.8) is 0 Å². The van der Waals surface area contributed by atoms with E-state index in [-0.39, 0.29) is 0 Å². The van der Waals surface area contributed by atoms with Gasteiger partial charge in [-0.25, -0.2) is 0 Å². The molecule has 0 heterocycles. The Balaban J connectivity index is 3.58. The Labute approximate surface area is 78.3 Å². The molecule has 0 radical (unpaired) electrons. The van der Waals surface area contributed by atoms with Gasteiger partial charge in [-0.2, -0.15) is 0 Å². The Morgan fingerprint density at radius 1 is 1.00 bits per heavy atom. The summed E-state index contributed by atoms with van der Waals surface area (Å²) in [6.07, 6.45) is 0.661. The topological polar surface area (TPSA) is 18.5 Å². The molecular weight excluding hydrogens is 250 g/mol. The van der Waals surface area contributed by atoms with Crippen molar-refractivity contribution in [3.05, 3.63) is 0 Å². The van der Waals surface area contributed by atoms with Gasteiger partial charge in [-0.15, -0.1) is 0 Å². The average Bonchev–Trinajstić information content (AvgIpc) is 1.84. The van der Waals surface area contributed by atoms with Crippen LogP contribution in [0.2, 0.25) is 4.37 Å². The summed E-state index contributed by atoms with van der Waals surface area (Å²) >= 11 is -1.74. The molecule has 3 heteroatoms. The van der Waals surface area contributed by atoms with E-state index in [4.69, 9.17) is 6.03 Å². The van der Waals surface area contributed by atoms with Crippen LogP contribution in [0.1, 0.15) is 34.6 Å². The van der Waals surface area contributed by atoms with Crippen LogP contribution in [-0.2, 0) is 6.03 Å². The van der Waals surface area contributed by atoms with Crippen molar-refractivity contribution in [1.29, 1.82) is 0 Å². The average molecular weight is 269 g/mol. The first kappa shape index (κ1) is 11.7. The second-order valence-corrected chi connectivity index (χ2v) is 7.87. The van der Waals surface area contributed by atoms with Crippen LogP contribution in [0, 0.1) is 0 Å². The van der Waals surface area contributed by atoms with E-state index in [1.165, 1.54) is 0 Å². The standard InChI is InChI=1S/2C3H7O.C2H5.Sb/c2*1-3(2)4;1-2;/h2*3H,1-2H3;1H2,2H3;/q2*-1;;+2. The van der Waals surface area contributed by atoms with Crippen molar-refractivity contribution in [1.82, 2.24) is 0 Å². The first-order valence-electron chi connectivity index (χ1n) is 4.17. The summed E-state index contributed by atoms with van der Waals surface area (Å²) in [5.41, 5.74) is 0. The molecule has 0 rings (SSSR count). The van der Waals surface area contributed by atoms with Crippen LogP contribution in [-0.4, -0.2) is 33.3 Å². The quantitative estimate of drug-likeness (QED) is 0.713. The minimum absolute atomic E-state index is 0.330. The molecule has 0 atom stereocenters. The molecule has 0 aliphatic rings. The third-order valence-corrected chi connectivity index (χ3v) is 6.14. The van der Waals surface area contributed by atoms with Crippen molar-refractivity contribution in [3.8, 4) is 0 Å². The summed E-state index contributed by atoms with van der Waals surface area (Å²) in [6, 6.07) is 0. The third kappa shape index (κ3) is 7.11. The first-order chi connectivity index (χ1) is 5.06. The molecule has 0 saturated heterocycles. The number of hydrogen-bond donors (Lipinski definition) is 0. The van der Waals surface area contributed by atoms with E-state index in [0.29, 0.717) is 12.2 Å². The molecule has 0 aromatic rings. The van der Waals surface area contributed by atoms with Crippen molar-refractivity contribution in [2.75, 3.05) is 0 Å². The molecular formula is C8H19O2Sb. The Kier molecular flexibility index (Phi) is 6.70. The van der Waals surface area contributed by atoms with Crippen molar-refractivity contribution >= 4 is 21.1 Å². The van der Waals surface area contributed by atoms with Gasteiger partial charge >= 0.3 is 78.3 Å². The first-order valence-corrected chi connectivity index (χ1v) is 8.06. The van der Waals surface area contributed by atoms with Gasteiger partial charge in [0.25, 0.3) is 0 Å². The third-order valence-electron chi connectivity index (χ3n) is 0.915. The van der Waals surface area contributed by atoms with Gasteiger partial charge in [0.05, 0.1) is 0 Å². The minimum atomic E-state index is -1.74. The summed E-state index contributed by atoms with van der Waals surface area (Å²) in [7, 11) is 0. The van der Waals surface area contributed by atoms with Gasteiger partial charge in [-0.3, -0.25) is 0 Å². The zero-order valence-corrected chi connectivity index (χ0v) is 10.7. The molecule has 0 aromatic carbocycles. The Bertz CT molecular complexity index is 84.1. The number of rotatable bonds is 5. The fourth-order valence-electron chi connectivity index (χ4n) is 0.644. The fourth-order valence-corrected chi connectivity index (χ4v) is 4.32. The molecule has 0 amide bonds. The predicted octanol–water partition coefficient (Wildman–Crippen LogP) is 2.34. The SMILES string of the molecule is C[CH2][Sb]([O]C(C)C)[O]C(C)C. The van der Waals surface area contributed by atoms with Crippen molar-refractivity contribution < 1.29 is 6.03 Å². The van der Waals surface area contributed by atoms with Gasteiger partial charge in [0, 0.05) is 0 Å². The van der Waals surface area contributed by atoms with Gasteiger partial charge in [-0.1, -0.05) is 0 Å². The van der Waals surface area contributed by atoms with E-state index >= 15 is 0 Å². The summed E-state index contributed by atoms with van der Waals surface area (Å²) < 4.78 is 12.4. The van der Waals surface area contributed by atoms with E-state index in [9.17, 15) is 0 Å². The number of hydrogen-bond acceptors (Lipinski definition) is 2. The Morgan fingerprint density at radius 2 is 1.36 bits per heavy atom. The van der Waals surface area contributed by atoms with Crippen LogP contribution in [0.5, 0.6) is 0 Å². The van der Waals surface area contributed by atoms with E-state index in [1.807, 2.05) is 0 Å². The van der Waals surface area contributed by atoms with Gasteiger partial charge in [-0.05, 0) is 0 Å². The van der Waals surface area contributed by atoms with Crippen LogP contribution >= 0.6 is 0 Å². The van der Waals surface area contributed by atoms with E-state index < -0.39 is 21.1 Å². The molecule has 0 fully saturated rings. The van der Waals surface area contributed by atoms with E-state index in [2.05, 4.69) is 34.6 Å². The second kappa shape index (κ2) is 6.28. The zero-order chi connectivity index (χ0) is 8.85. The molecule has 0 aromatic heterocycles. The van der Waals surface area contributed by atoms with E-state index in [0.717, 1.165) is 4.37 Å². The van der Waals surface area contributed by atoms with Crippen molar-refractivity contribution in [2.45, 2.75) is 51.2 Å².